The number of rotatable bonds is 8. The molecule has 160 valence electrons. The predicted molar refractivity (Wildman–Crippen MR) is 125 cm³/mol. The molecular weight excluding hydrogens is 422 g/mol. The minimum Gasteiger partial charge on any atom is -0.325 e. The quantitative estimate of drug-likeness (QED) is 0.322. The Kier molecular flexibility index (Phi) is 6.72. The summed E-state index contributed by atoms with van der Waals surface area (Å²) in [5.41, 5.74) is 3.21. The van der Waals surface area contributed by atoms with Crippen LogP contribution in [0.3, 0.4) is 0 Å². The highest BCUT2D eigenvalue weighted by molar-refractivity contribution is 7.99. The van der Waals surface area contributed by atoms with Gasteiger partial charge >= 0.3 is 0 Å². The summed E-state index contributed by atoms with van der Waals surface area (Å²) in [7, 11) is 0. The molecule has 0 radical (unpaired) electrons. The lowest BCUT2D eigenvalue weighted by Crippen LogP contribution is -2.15. The number of aromatic nitrogens is 4. The van der Waals surface area contributed by atoms with Crippen LogP contribution in [-0.2, 0) is 11.3 Å². The molecule has 0 aliphatic heterocycles. The highest BCUT2D eigenvalue weighted by Gasteiger charge is 2.16. The van der Waals surface area contributed by atoms with Crippen LogP contribution in [0.4, 0.5) is 5.69 Å². The van der Waals surface area contributed by atoms with E-state index < -0.39 is 0 Å². The largest absolute Gasteiger partial charge is 0.325 e. The van der Waals surface area contributed by atoms with E-state index in [0.717, 1.165) is 11.1 Å². The lowest BCUT2D eigenvalue weighted by molar-refractivity contribution is -0.113. The van der Waals surface area contributed by atoms with Gasteiger partial charge in [0, 0.05) is 29.2 Å². The number of nitrogens with zero attached hydrogens (tertiary/aromatic N) is 4. The molecule has 0 fully saturated rings. The number of ketones is 1. The minimum absolute atomic E-state index is 0.0133. The number of amides is 1. The summed E-state index contributed by atoms with van der Waals surface area (Å²) in [5.74, 6) is 0.696. The van der Waals surface area contributed by atoms with Crippen LogP contribution in [0.2, 0.25) is 0 Å². The molecular formula is C24H21N5O2S. The van der Waals surface area contributed by atoms with Gasteiger partial charge in [0.15, 0.2) is 16.8 Å². The summed E-state index contributed by atoms with van der Waals surface area (Å²) in [6.45, 7) is 2.09. The SMILES string of the molecule is CC(=O)c1ccc(NC(=O)CSc2nnc(-c3cccnc3)n2Cc2ccccc2)cc1. The van der Waals surface area contributed by atoms with Crippen molar-refractivity contribution >= 4 is 29.1 Å². The number of benzene rings is 2. The van der Waals surface area contributed by atoms with Gasteiger partial charge in [0.05, 0.1) is 12.3 Å². The van der Waals surface area contributed by atoms with Crippen molar-refractivity contribution in [3.05, 3.63) is 90.3 Å². The van der Waals surface area contributed by atoms with Gasteiger partial charge in [0.25, 0.3) is 0 Å². The monoisotopic (exact) mass is 443 g/mol. The maximum Gasteiger partial charge on any atom is 0.234 e. The number of Topliss-reactive ketones (excluding diaryl/α,β-unsaturated/α-hetero) is 1. The number of nitrogens with one attached hydrogen (secondary N) is 1. The molecule has 0 atom stereocenters. The number of carbonyl (C=O) groups is 2. The first-order chi connectivity index (χ1) is 15.6. The fourth-order valence-electron chi connectivity index (χ4n) is 3.13. The van der Waals surface area contributed by atoms with Crippen LogP contribution in [0.5, 0.6) is 0 Å². The zero-order valence-electron chi connectivity index (χ0n) is 17.4. The number of thioether (sulfide) groups is 1. The van der Waals surface area contributed by atoms with Crippen molar-refractivity contribution in [1.82, 2.24) is 19.7 Å². The molecule has 0 spiro atoms. The third kappa shape index (κ3) is 5.28. The zero-order chi connectivity index (χ0) is 22.3. The van der Waals surface area contributed by atoms with Gasteiger partial charge in [-0.1, -0.05) is 42.1 Å². The summed E-state index contributed by atoms with van der Waals surface area (Å²) in [4.78, 5) is 28.1. The summed E-state index contributed by atoms with van der Waals surface area (Å²) >= 11 is 1.32. The Morgan fingerprint density at radius 2 is 1.75 bits per heavy atom. The molecule has 0 aliphatic carbocycles. The van der Waals surface area contributed by atoms with Gasteiger partial charge in [-0.2, -0.15) is 0 Å². The summed E-state index contributed by atoms with van der Waals surface area (Å²) in [6, 6.07) is 20.7. The Bertz CT molecular complexity index is 1210. The molecule has 1 N–H and O–H groups in total. The summed E-state index contributed by atoms with van der Waals surface area (Å²) in [5, 5.41) is 12.2. The van der Waals surface area contributed by atoms with E-state index in [1.165, 1.54) is 18.7 Å². The van der Waals surface area contributed by atoms with Crippen LogP contribution >= 0.6 is 11.8 Å². The van der Waals surface area contributed by atoms with Gasteiger partial charge in [0.2, 0.25) is 5.91 Å². The van der Waals surface area contributed by atoms with Crippen LogP contribution in [0.1, 0.15) is 22.8 Å². The molecule has 0 saturated carbocycles. The van der Waals surface area contributed by atoms with E-state index in [4.69, 9.17) is 0 Å². The Morgan fingerprint density at radius 1 is 0.969 bits per heavy atom. The Hall–Kier alpha value is -3.78. The first-order valence-electron chi connectivity index (χ1n) is 10.0. The third-order valence-corrected chi connectivity index (χ3v) is 5.69. The molecule has 0 unspecified atom stereocenters. The lowest BCUT2D eigenvalue weighted by Gasteiger charge is -2.10. The van der Waals surface area contributed by atoms with Gasteiger partial charge in [-0.25, -0.2) is 0 Å². The van der Waals surface area contributed by atoms with E-state index in [0.29, 0.717) is 28.8 Å². The average molecular weight is 444 g/mol. The third-order valence-electron chi connectivity index (χ3n) is 4.73. The van der Waals surface area contributed by atoms with Crippen LogP contribution in [0.25, 0.3) is 11.4 Å². The van der Waals surface area contributed by atoms with Gasteiger partial charge in [-0.05, 0) is 48.9 Å². The smallest absolute Gasteiger partial charge is 0.234 e. The number of pyridine rings is 1. The first kappa shape index (κ1) is 21.5. The number of hydrogen-bond donors (Lipinski definition) is 1. The van der Waals surface area contributed by atoms with Crippen molar-refractivity contribution in [1.29, 1.82) is 0 Å². The summed E-state index contributed by atoms with van der Waals surface area (Å²) < 4.78 is 1.99. The van der Waals surface area contributed by atoms with E-state index in [9.17, 15) is 9.59 Å². The van der Waals surface area contributed by atoms with E-state index in [1.54, 1.807) is 36.7 Å². The molecule has 4 rings (SSSR count). The van der Waals surface area contributed by atoms with E-state index in [-0.39, 0.29) is 17.4 Å². The second kappa shape index (κ2) is 10.0. The topological polar surface area (TPSA) is 89.8 Å². The molecule has 0 bridgehead atoms. The Morgan fingerprint density at radius 3 is 2.44 bits per heavy atom. The van der Waals surface area contributed by atoms with E-state index in [1.807, 2.05) is 47.0 Å². The van der Waals surface area contributed by atoms with Crippen molar-refractivity contribution in [2.24, 2.45) is 0 Å². The van der Waals surface area contributed by atoms with Crippen molar-refractivity contribution in [3.8, 4) is 11.4 Å². The molecule has 8 heteroatoms. The molecule has 7 nitrogen and oxygen atoms in total. The van der Waals surface area contributed by atoms with Crippen molar-refractivity contribution in [2.75, 3.05) is 11.1 Å². The van der Waals surface area contributed by atoms with E-state index >= 15 is 0 Å². The average Bonchev–Trinajstić information content (AvgIpc) is 3.21. The second-order valence-corrected chi connectivity index (χ2v) is 8.03. The van der Waals surface area contributed by atoms with Crippen molar-refractivity contribution in [2.45, 2.75) is 18.6 Å². The molecule has 4 aromatic rings. The number of carbonyl (C=O) groups excluding carboxylic acids is 2. The van der Waals surface area contributed by atoms with Crippen LogP contribution in [-0.4, -0.2) is 37.2 Å². The van der Waals surface area contributed by atoms with Crippen molar-refractivity contribution in [3.63, 3.8) is 0 Å². The zero-order valence-corrected chi connectivity index (χ0v) is 18.2. The standard InChI is InChI=1S/C24H21N5O2S/c1-17(30)19-9-11-21(12-10-19)26-22(31)16-32-24-28-27-23(20-8-5-13-25-14-20)29(24)15-18-6-3-2-4-7-18/h2-14H,15-16H2,1H3,(H,26,31). The highest BCUT2D eigenvalue weighted by atomic mass is 32.2. The normalized spacial score (nSPS) is 10.7. The first-order valence-corrected chi connectivity index (χ1v) is 11.0. The molecule has 32 heavy (non-hydrogen) atoms. The fraction of sp³-hybridized carbons (Fsp3) is 0.125. The Balaban J connectivity index is 1.49. The van der Waals surface area contributed by atoms with Crippen LogP contribution in [0.15, 0.2) is 84.3 Å². The van der Waals surface area contributed by atoms with E-state index in [2.05, 4.69) is 20.5 Å². The maximum absolute atomic E-state index is 12.5. The maximum atomic E-state index is 12.5. The van der Waals surface area contributed by atoms with Crippen LogP contribution in [0, 0.1) is 0 Å². The molecule has 1 amide bonds. The minimum atomic E-state index is -0.164. The molecule has 2 aromatic heterocycles. The van der Waals surface area contributed by atoms with Crippen molar-refractivity contribution < 1.29 is 9.59 Å². The van der Waals surface area contributed by atoms with Gasteiger partial charge in [-0.3, -0.25) is 19.1 Å². The van der Waals surface area contributed by atoms with Gasteiger partial charge in [-0.15, -0.1) is 10.2 Å². The predicted octanol–water partition coefficient (Wildman–Crippen LogP) is 4.32. The van der Waals surface area contributed by atoms with Gasteiger partial charge in [0.1, 0.15) is 0 Å². The highest BCUT2D eigenvalue weighted by Crippen LogP contribution is 2.25. The fourth-order valence-corrected chi connectivity index (χ4v) is 3.87. The molecule has 2 aromatic carbocycles. The summed E-state index contributed by atoms with van der Waals surface area (Å²) in [6.07, 6.45) is 3.46. The number of anilines is 1. The molecule has 2 heterocycles. The number of hydrogen-bond acceptors (Lipinski definition) is 6. The lowest BCUT2D eigenvalue weighted by atomic mass is 10.1. The molecule has 0 aliphatic rings. The second-order valence-electron chi connectivity index (χ2n) is 7.09. The van der Waals surface area contributed by atoms with Gasteiger partial charge < -0.3 is 5.32 Å². The Labute approximate surface area is 189 Å². The van der Waals surface area contributed by atoms with Crippen LogP contribution < -0.4 is 5.32 Å². The molecule has 0 saturated heterocycles.